The largest absolute Gasteiger partial charge is 0.299 e. The molecular weight excluding hydrogens is 184 g/mol. The molecule has 1 nitrogen and oxygen atoms in total. The molecule has 0 bridgehead atoms. The normalized spacial score (nSPS) is 27.9. The Bertz CT molecular complexity index is 248. The Labute approximate surface area is 93.9 Å². The van der Waals surface area contributed by atoms with Gasteiger partial charge in [0, 0.05) is 12.3 Å². The van der Waals surface area contributed by atoms with E-state index in [0.717, 1.165) is 12.8 Å². The number of hydrogen-bond acceptors (Lipinski definition) is 1. The Hall–Kier alpha value is -0.590. The van der Waals surface area contributed by atoms with Crippen molar-refractivity contribution in [3.63, 3.8) is 0 Å². The van der Waals surface area contributed by atoms with Crippen LogP contribution in [0.3, 0.4) is 0 Å². The number of rotatable bonds is 4. The minimum Gasteiger partial charge on any atom is -0.299 e. The molecule has 0 heterocycles. The van der Waals surface area contributed by atoms with Gasteiger partial charge in [-0.25, -0.2) is 0 Å². The molecule has 0 aromatic heterocycles. The summed E-state index contributed by atoms with van der Waals surface area (Å²) in [6.45, 7) is 8.70. The first-order valence-electron chi connectivity index (χ1n) is 6.18. The first kappa shape index (κ1) is 12.5. The lowest BCUT2D eigenvalue weighted by atomic mass is 9.83. The van der Waals surface area contributed by atoms with Crippen molar-refractivity contribution in [2.75, 3.05) is 0 Å². The van der Waals surface area contributed by atoms with Gasteiger partial charge in [-0.3, -0.25) is 4.79 Å². The molecule has 1 heteroatoms. The summed E-state index contributed by atoms with van der Waals surface area (Å²) < 4.78 is 0. The minimum atomic E-state index is 0.312. The van der Waals surface area contributed by atoms with E-state index in [0.29, 0.717) is 23.5 Å². The lowest BCUT2D eigenvalue weighted by Crippen LogP contribution is -2.17. The summed E-state index contributed by atoms with van der Waals surface area (Å²) in [6, 6.07) is 0. The third kappa shape index (κ3) is 3.48. The summed E-state index contributed by atoms with van der Waals surface area (Å²) in [4.78, 5) is 11.5. The van der Waals surface area contributed by atoms with Crippen molar-refractivity contribution in [2.45, 2.75) is 53.4 Å². The van der Waals surface area contributed by atoms with E-state index in [1.165, 1.54) is 18.4 Å². The summed E-state index contributed by atoms with van der Waals surface area (Å²) in [6.07, 6.45) is 6.64. The second kappa shape index (κ2) is 5.48. The molecule has 0 amide bonds. The highest BCUT2D eigenvalue weighted by atomic mass is 16.1. The van der Waals surface area contributed by atoms with Crippen LogP contribution in [0.1, 0.15) is 53.4 Å². The number of Topliss-reactive ketones (excluding diaryl/α,β-unsaturated/α-hetero) is 1. The molecule has 0 spiro atoms. The van der Waals surface area contributed by atoms with Crippen molar-refractivity contribution < 1.29 is 4.79 Å². The molecule has 1 rings (SSSR count). The van der Waals surface area contributed by atoms with Crippen LogP contribution in [0.2, 0.25) is 0 Å². The summed E-state index contributed by atoms with van der Waals surface area (Å²) in [5.74, 6) is 2.13. The van der Waals surface area contributed by atoms with Crippen LogP contribution in [0.4, 0.5) is 0 Å². The zero-order chi connectivity index (χ0) is 11.4. The molecule has 86 valence electrons. The maximum atomic E-state index is 11.5. The van der Waals surface area contributed by atoms with Gasteiger partial charge in [0.2, 0.25) is 0 Å². The van der Waals surface area contributed by atoms with E-state index < -0.39 is 0 Å². The fourth-order valence-corrected chi connectivity index (χ4v) is 2.65. The fourth-order valence-electron chi connectivity index (χ4n) is 2.65. The monoisotopic (exact) mass is 208 g/mol. The van der Waals surface area contributed by atoms with Crippen molar-refractivity contribution in [3.8, 4) is 0 Å². The van der Waals surface area contributed by atoms with Gasteiger partial charge in [-0.05, 0) is 44.9 Å². The Kier molecular flexibility index (Phi) is 4.56. The Balaban J connectivity index is 2.37. The SMILES string of the molecule is CC(C)=CCCC(C)C1CCC(=O)C1C. The van der Waals surface area contributed by atoms with E-state index in [-0.39, 0.29) is 0 Å². The quantitative estimate of drug-likeness (QED) is 0.639. The Morgan fingerprint density at radius 2 is 2.20 bits per heavy atom. The predicted octanol–water partition coefficient (Wildman–Crippen LogP) is 3.98. The van der Waals surface area contributed by atoms with Gasteiger partial charge in [0.05, 0.1) is 0 Å². The summed E-state index contributed by atoms with van der Waals surface area (Å²) in [5.41, 5.74) is 1.40. The van der Waals surface area contributed by atoms with Crippen molar-refractivity contribution in [1.82, 2.24) is 0 Å². The third-order valence-electron chi connectivity index (χ3n) is 3.78. The molecule has 0 aliphatic heterocycles. The molecule has 3 atom stereocenters. The molecule has 0 radical (unpaired) electrons. The first-order chi connectivity index (χ1) is 7.02. The highest BCUT2D eigenvalue weighted by molar-refractivity contribution is 5.83. The van der Waals surface area contributed by atoms with Crippen molar-refractivity contribution >= 4 is 5.78 Å². The third-order valence-corrected chi connectivity index (χ3v) is 3.78. The highest BCUT2D eigenvalue weighted by Crippen LogP contribution is 2.36. The zero-order valence-corrected chi connectivity index (χ0v) is 10.5. The van der Waals surface area contributed by atoms with Gasteiger partial charge < -0.3 is 0 Å². The molecule has 1 fully saturated rings. The molecule has 0 N–H and O–H groups in total. The van der Waals surface area contributed by atoms with Crippen LogP contribution in [-0.4, -0.2) is 5.78 Å². The predicted molar refractivity (Wildman–Crippen MR) is 64.7 cm³/mol. The van der Waals surface area contributed by atoms with Crippen LogP contribution in [-0.2, 0) is 4.79 Å². The minimum absolute atomic E-state index is 0.312. The van der Waals surface area contributed by atoms with Crippen LogP contribution >= 0.6 is 0 Å². The van der Waals surface area contributed by atoms with Gasteiger partial charge in [-0.15, -0.1) is 0 Å². The van der Waals surface area contributed by atoms with E-state index in [9.17, 15) is 4.79 Å². The van der Waals surface area contributed by atoms with Crippen molar-refractivity contribution in [1.29, 1.82) is 0 Å². The summed E-state index contributed by atoms with van der Waals surface area (Å²) >= 11 is 0. The van der Waals surface area contributed by atoms with Gasteiger partial charge in [-0.1, -0.05) is 25.5 Å². The molecular formula is C14H24O. The van der Waals surface area contributed by atoms with Crippen LogP contribution in [0.25, 0.3) is 0 Å². The van der Waals surface area contributed by atoms with E-state index in [4.69, 9.17) is 0 Å². The van der Waals surface area contributed by atoms with Gasteiger partial charge in [0.25, 0.3) is 0 Å². The standard InChI is InChI=1S/C14H24O/c1-10(2)6-5-7-11(3)13-8-9-14(15)12(13)4/h6,11-13H,5,7-9H2,1-4H3. The molecule has 1 saturated carbocycles. The second-order valence-corrected chi connectivity index (χ2v) is 5.29. The topological polar surface area (TPSA) is 17.1 Å². The molecule has 1 aliphatic rings. The molecule has 0 saturated heterocycles. The van der Waals surface area contributed by atoms with Crippen LogP contribution < -0.4 is 0 Å². The lowest BCUT2D eigenvalue weighted by Gasteiger charge is -2.21. The Morgan fingerprint density at radius 3 is 2.67 bits per heavy atom. The maximum absolute atomic E-state index is 11.5. The van der Waals surface area contributed by atoms with Gasteiger partial charge >= 0.3 is 0 Å². The summed E-state index contributed by atoms with van der Waals surface area (Å²) in [7, 11) is 0. The van der Waals surface area contributed by atoms with Crippen LogP contribution in [0.5, 0.6) is 0 Å². The number of allylic oxidation sites excluding steroid dienone is 2. The van der Waals surface area contributed by atoms with Gasteiger partial charge in [-0.2, -0.15) is 0 Å². The van der Waals surface area contributed by atoms with Crippen LogP contribution in [0.15, 0.2) is 11.6 Å². The highest BCUT2D eigenvalue weighted by Gasteiger charge is 2.33. The van der Waals surface area contributed by atoms with E-state index in [1.807, 2.05) is 0 Å². The zero-order valence-electron chi connectivity index (χ0n) is 10.5. The Morgan fingerprint density at radius 1 is 1.53 bits per heavy atom. The van der Waals surface area contributed by atoms with Crippen LogP contribution in [0, 0.1) is 17.8 Å². The maximum Gasteiger partial charge on any atom is 0.135 e. The van der Waals surface area contributed by atoms with Gasteiger partial charge in [0.1, 0.15) is 5.78 Å². The molecule has 1 aliphatic carbocycles. The van der Waals surface area contributed by atoms with Crippen molar-refractivity contribution in [3.05, 3.63) is 11.6 Å². The van der Waals surface area contributed by atoms with E-state index in [2.05, 4.69) is 33.8 Å². The smallest absolute Gasteiger partial charge is 0.135 e. The average Bonchev–Trinajstić information content (AvgIpc) is 2.47. The second-order valence-electron chi connectivity index (χ2n) is 5.29. The van der Waals surface area contributed by atoms with E-state index >= 15 is 0 Å². The summed E-state index contributed by atoms with van der Waals surface area (Å²) in [5, 5.41) is 0. The average molecular weight is 208 g/mol. The molecule has 0 aromatic carbocycles. The van der Waals surface area contributed by atoms with Gasteiger partial charge in [0.15, 0.2) is 0 Å². The molecule has 0 aromatic rings. The van der Waals surface area contributed by atoms with E-state index in [1.54, 1.807) is 0 Å². The number of carbonyl (C=O) groups is 1. The fraction of sp³-hybridized carbons (Fsp3) is 0.786. The first-order valence-corrected chi connectivity index (χ1v) is 6.18. The molecule has 3 unspecified atom stereocenters. The lowest BCUT2D eigenvalue weighted by molar-refractivity contribution is -0.121. The number of ketones is 1. The molecule has 15 heavy (non-hydrogen) atoms. The number of hydrogen-bond donors (Lipinski definition) is 0. The number of carbonyl (C=O) groups excluding carboxylic acids is 1. The van der Waals surface area contributed by atoms with Crippen molar-refractivity contribution in [2.24, 2.45) is 17.8 Å².